The van der Waals surface area contributed by atoms with Crippen LogP contribution in [0.2, 0.25) is 5.02 Å². The number of benzene rings is 1. The molecule has 0 aliphatic rings. The van der Waals surface area contributed by atoms with Crippen LogP contribution in [0, 0.1) is 13.8 Å². The van der Waals surface area contributed by atoms with E-state index in [9.17, 15) is 5.11 Å². The zero-order valence-electron chi connectivity index (χ0n) is 9.88. The molecule has 16 heavy (non-hydrogen) atoms. The first kappa shape index (κ1) is 13.3. The van der Waals surface area contributed by atoms with Crippen LogP contribution in [0.15, 0.2) is 6.07 Å². The van der Waals surface area contributed by atoms with E-state index in [0.29, 0.717) is 23.7 Å². The Morgan fingerprint density at radius 2 is 2.12 bits per heavy atom. The third-order valence-corrected chi connectivity index (χ3v) is 3.06. The molecule has 1 aromatic rings. The fourth-order valence-electron chi connectivity index (χ4n) is 1.79. The number of aryl methyl sites for hydroxylation is 1. The van der Waals surface area contributed by atoms with Gasteiger partial charge in [0.2, 0.25) is 0 Å². The Morgan fingerprint density at radius 3 is 2.62 bits per heavy atom. The highest BCUT2D eigenvalue weighted by Gasteiger charge is 2.19. The number of rotatable bonds is 4. The maximum absolute atomic E-state index is 10.0. The summed E-state index contributed by atoms with van der Waals surface area (Å²) in [4.78, 5) is 0. The highest BCUT2D eigenvalue weighted by atomic mass is 35.5. The monoisotopic (exact) mass is 243 g/mol. The van der Waals surface area contributed by atoms with Crippen LogP contribution >= 0.6 is 11.6 Å². The number of aliphatic hydroxyl groups excluding tert-OH is 1. The van der Waals surface area contributed by atoms with E-state index in [1.54, 1.807) is 7.11 Å². The van der Waals surface area contributed by atoms with E-state index in [-0.39, 0.29) is 0 Å². The largest absolute Gasteiger partial charge is 0.495 e. The first-order valence-corrected chi connectivity index (χ1v) is 5.62. The topological polar surface area (TPSA) is 55.5 Å². The minimum absolute atomic E-state index is 0.426. The van der Waals surface area contributed by atoms with Crippen molar-refractivity contribution in [2.45, 2.75) is 26.4 Å². The molecule has 0 aliphatic heterocycles. The van der Waals surface area contributed by atoms with Gasteiger partial charge in [0.25, 0.3) is 0 Å². The molecule has 3 N–H and O–H groups in total. The van der Waals surface area contributed by atoms with Gasteiger partial charge in [0.05, 0.1) is 18.2 Å². The smallest absolute Gasteiger partial charge is 0.143 e. The predicted octanol–water partition coefficient (Wildman–Crippen LogP) is 2.35. The molecular weight excluding hydrogens is 226 g/mol. The van der Waals surface area contributed by atoms with Gasteiger partial charge in [0, 0.05) is 5.56 Å². The van der Waals surface area contributed by atoms with E-state index in [0.717, 1.165) is 16.7 Å². The summed E-state index contributed by atoms with van der Waals surface area (Å²) in [6, 6.07) is 1.84. The summed E-state index contributed by atoms with van der Waals surface area (Å²) in [7, 11) is 1.55. The number of hydrogen-bond acceptors (Lipinski definition) is 3. The summed E-state index contributed by atoms with van der Waals surface area (Å²) in [6.45, 7) is 4.33. The molecule has 0 bridgehead atoms. The summed E-state index contributed by atoms with van der Waals surface area (Å²) >= 11 is 6.08. The maximum Gasteiger partial charge on any atom is 0.143 e. The summed E-state index contributed by atoms with van der Waals surface area (Å²) in [5.74, 6) is 0.547. The van der Waals surface area contributed by atoms with E-state index < -0.39 is 6.10 Å². The number of hydrogen-bond donors (Lipinski definition) is 2. The van der Waals surface area contributed by atoms with Crippen molar-refractivity contribution in [3.05, 3.63) is 27.8 Å². The molecular formula is C12H18ClNO2. The van der Waals surface area contributed by atoms with Crippen molar-refractivity contribution in [3.63, 3.8) is 0 Å². The van der Waals surface area contributed by atoms with Gasteiger partial charge in [-0.05, 0) is 44.0 Å². The van der Waals surface area contributed by atoms with Crippen LogP contribution in [0.1, 0.15) is 29.2 Å². The Labute approximate surface area is 101 Å². The van der Waals surface area contributed by atoms with Gasteiger partial charge < -0.3 is 15.6 Å². The molecule has 90 valence electrons. The minimum Gasteiger partial charge on any atom is -0.495 e. The molecule has 0 aromatic heterocycles. The third kappa shape index (κ3) is 2.48. The zero-order chi connectivity index (χ0) is 12.3. The number of methoxy groups -OCH3 is 1. The Balaban J connectivity index is 3.32. The Kier molecular flexibility index (Phi) is 4.59. The van der Waals surface area contributed by atoms with Crippen LogP contribution in [-0.4, -0.2) is 18.8 Å². The number of aliphatic hydroxyl groups is 1. The summed E-state index contributed by atoms with van der Waals surface area (Å²) < 4.78 is 5.25. The molecule has 1 unspecified atom stereocenters. The van der Waals surface area contributed by atoms with E-state index in [2.05, 4.69) is 0 Å². The van der Waals surface area contributed by atoms with Gasteiger partial charge in [-0.3, -0.25) is 0 Å². The molecule has 0 heterocycles. The molecule has 0 amide bonds. The van der Waals surface area contributed by atoms with E-state index >= 15 is 0 Å². The first-order valence-electron chi connectivity index (χ1n) is 5.24. The Morgan fingerprint density at radius 1 is 1.50 bits per heavy atom. The predicted molar refractivity (Wildman–Crippen MR) is 66.1 cm³/mol. The molecule has 0 radical (unpaired) electrons. The first-order chi connectivity index (χ1) is 7.52. The Bertz CT molecular complexity index is 380. The highest BCUT2D eigenvalue weighted by molar-refractivity contribution is 6.32. The zero-order valence-corrected chi connectivity index (χ0v) is 10.6. The number of ether oxygens (including phenoxy) is 1. The number of nitrogens with two attached hydrogens (primary N) is 1. The van der Waals surface area contributed by atoms with Crippen molar-refractivity contribution >= 4 is 11.6 Å². The fourth-order valence-corrected chi connectivity index (χ4v) is 2.13. The summed E-state index contributed by atoms with van der Waals surface area (Å²) in [5, 5.41) is 10.6. The third-order valence-electron chi connectivity index (χ3n) is 2.78. The van der Waals surface area contributed by atoms with Gasteiger partial charge >= 0.3 is 0 Å². The molecule has 0 fully saturated rings. The second-order valence-electron chi connectivity index (χ2n) is 3.84. The molecule has 0 saturated carbocycles. The van der Waals surface area contributed by atoms with Gasteiger partial charge in [-0.15, -0.1) is 0 Å². The molecule has 0 spiro atoms. The van der Waals surface area contributed by atoms with Crippen LogP contribution < -0.4 is 10.5 Å². The fraction of sp³-hybridized carbons (Fsp3) is 0.500. The van der Waals surface area contributed by atoms with E-state index in [1.807, 2.05) is 19.9 Å². The standard InChI is InChI=1S/C12H18ClNO2/c1-7-6-9(13)12(16-3)11(8(7)2)10(15)4-5-14/h6,10,15H,4-5,14H2,1-3H3. The lowest BCUT2D eigenvalue weighted by Gasteiger charge is -2.19. The summed E-state index contributed by atoms with van der Waals surface area (Å²) in [5.41, 5.74) is 8.24. The molecule has 0 aliphatic carbocycles. The number of halogens is 1. The summed E-state index contributed by atoms with van der Waals surface area (Å²) in [6.07, 6.45) is -0.130. The van der Waals surface area contributed by atoms with Crippen LogP contribution in [0.3, 0.4) is 0 Å². The van der Waals surface area contributed by atoms with Gasteiger partial charge in [-0.25, -0.2) is 0 Å². The lowest BCUT2D eigenvalue weighted by Crippen LogP contribution is -2.10. The van der Waals surface area contributed by atoms with Gasteiger partial charge in [0.1, 0.15) is 5.75 Å². The molecule has 3 nitrogen and oxygen atoms in total. The second-order valence-corrected chi connectivity index (χ2v) is 4.25. The van der Waals surface area contributed by atoms with Crippen LogP contribution in [0.4, 0.5) is 0 Å². The van der Waals surface area contributed by atoms with Gasteiger partial charge in [-0.2, -0.15) is 0 Å². The quantitative estimate of drug-likeness (QED) is 0.854. The molecule has 1 atom stereocenters. The SMILES string of the molecule is COc1c(Cl)cc(C)c(C)c1C(O)CCN. The lowest BCUT2D eigenvalue weighted by atomic mass is 9.96. The van der Waals surface area contributed by atoms with Crippen molar-refractivity contribution < 1.29 is 9.84 Å². The van der Waals surface area contributed by atoms with Gasteiger partial charge in [0.15, 0.2) is 0 Å². The van der Waals surface area contributed by atoms with Crippen LogP contribution in [-0.2, 0) is 0 Å². The Hall–Kier alpha value is -0.770. The maximum atomic E-state index is 10.0. The average Bonchev–Trinajstić information content (AvgIpc) is 2.23. The molecule has 1 aromatic carbocycles. The van der Waals surface area contributed by atoms with Crippen molar-refractivity contribution in [2.75, 3.05) is 13.7 Å². The highest BCUT2D eigenvalue weighted by Crippen LogP contribution is 2.37. The van der Waals surface area contributed by atoms with Crippen molar-refractivity contribution in [1.29, 1.82) is 0 Å². The normalized spacial score (nSPS) is 12.6. The minimum atomic E-state index is -0.627. The lowest BCUT2D eigenvalue weighted by molar-refractivity contribution is 0.165. The molecule has 0 saturated heterocycles. The second kappa shape index (κ2) is 5.53. The van der Waals surface area contributed by atoms with Crippen molar-refractivity contribution in [2.24, 2.45) is 5.73 Å². The van der Waals surface area contributed by atoms with E-state index in [4.69, 9.17) is 22.1 Å². The van der Waals surface area contributed by atoms with Crippen molar-refractivity contribution in [1.82, 2.24) is 0 Å². The van der Waals surface area contributed by atoms with Crippen LogP contribution in [0.25, 0.3) is 0 Å². The van der Waals surface area contributed by atoms with Crippen LogP contribution in [0.5, 0.6) is 5.75 Å². The van der Waals surface area contributed by atoms with E-state index in [1.165, 1.54) is 0 Å². The molecule has 4 heteroatoms. The van der Waals surface area contributed by atoms with Crippen molar-refractivity contribution in [3.8, 4) is 5.75 Å². The molecule has 1 rings (SSSR count). The van der Waals surface area contributed by atoms with Gasteiger partial charge in [-0.1, -0.05) is 11.6 Å². The average molecular weight is 244 g/mol.